The number of nitrogens with zero attached hydrogens (tertiary/aromatic N) is 1. The highest BCUT2D eigenvalue weighted by molar-refractivity contribution is 6.06. The zero-order valence-corrected chi connectivity index (χ0v) is 20.8. The molecule has 3 atom stereocenters. The van der Waals surface area contributed by atoms with Crippen LogP contribution in [0.3, 0.4) is 0 Å². The number of amides is 1. The van der Waals surface area contributed by atoms with Crippen molar-refractivity contribution in [1.82, 2.24) is 4.90 Å². The summed E-state index contributed by atoms with van der Waals surface area (Å²) in [5.41, 5.74) is -1.30. The quantitative estimate of drug-likeness (QED) is 0.259. The third kappa shape index (κ3) is 4.52. The van der Waals surface area contributed by atoms with E-state index in [2.05, 4.69) is 0 Å². The molecule has 3 rings (SSSR count). The van der Waals surface area contributed by atoms with Crippen LogP contribution in [0.5, 0.6) is 0 Å². The Morgan fingerprint density at radius 1 is 0.857 bits per heavy atom. The molecule has 0 saturated carbocycles. The van der Waals surface area contributed by atoms with Crippen molar-refractivity contribution in [3.8, 4) is 0 Å². The molecule has 0 spiro atoms. The third-order valence-electron chi connectivity index (χ3n) is 6.24. The fraction of sp³-hybridized carbons (Fsp3) is 0.407. The van der Waals surface area contributed by atoms with Crippen molar-refractivity contribution in [2.75, 3.05) is 14.2 Å². The minimum absolute atomic E-state index is 0.537. The van der Waals surface area contributed by atoms with Gasteiger partial charge in [0.15, 0.2) is 11.5 Å². The summed E-state index contributed by atoms with van der Waals surface area (Å²) in [6.45, 7) is 6.65. The molecule has 186 valence electrons. The van der Waals surface area contributed by atoms with Crippen LogP contribution in [0.25, 0.3) is 0 Å². The number of β-lactam (4-membered cyclic amide) rings is 1. The van der Waals surface area contributed by atoms with Crippen LogP contribution in [0.4, 0.5) is 0 Å². The van der Waals surface area contributed by atoms with Crippen molar-refractivity contribution in [1.29, 1.82) is 0 Å². The Labute approximate surface area is 205 Å². The number of rotatable bonds is 7. The second-order valence-corrected chi connectivity index (χ2v) is 9.54. The largest absolute Gasteiger partial charge is 0.468 e. The van der Waals surface area contributed by atoms with Gasteiger partial charge in [0.25, 0.3) is 0 Å². The molecule has 0 aromatic heterocycles. The van der Waals surface area contributed by atoms with Crippen LogP contribution in [0.1, 0.15) is 38.8 Å². The number of benzene rings is 2. The van der Waals surface area contributed by atoms with Crippen molar-refractivity contribution in [2.45, 2.75) is 45.4 Å². The van der Waals surface area contributed by atoms with Crippen molar-refractivity contribution < 1.29 is 33.4 Å². The molecule has 1 saturated heterocycles. The highest BCUT2D eigenvalue weighted by Crippen LogP contribution is 2.50. The molecule has 0 radical (unpaired) electrons. The van der Waals surface area contributed by atoms with Crippen LogP contribution in [0, 0.1) is 11.3 Å². The van der Waals surface area contributed by atoms with Gasteiger partial charge in [-0.2, -0.15) is 0 Å². The van der Waals surface area contributed by atoms with Crippen LogP contribution in [-0.2, 0) is 39.0 Å². The van der Waals surface area contributed by atoms with Gasteiger partial charge >= 0.3 is 17.9 Å². The lowest BCUT2D eigenvalue weighted by Crippen LogP contribution is -2.76. The summed E-state index contributed by atoms with van der Waals surface area (Å²) in [6.07, 6.45) is 0. The standard InChI is InChI=1S/C27H31NO7/c1-17(29)35-27(18-13-9-7-10-14-18,19-15-11-8-12-16-19)21-20(24(31)33-5)23(30)28(21)22(25(32)34-6)26(2,3)4/h7-16,20-22H,1-6H3/t20-,21+,22?/m0/s1. The van der Waals surface area contributed by atoms with E-state index in [-0.39, 0.29) is 0 Å². The number of methoxy groups -OCH3 is 2. The van der Waals surface area contributed by atoms with E-state index in [0.717, 1.165) is 0 Å². The number of ether oxygens (including phenoxy) is 3. The molecule has 2 aromatic carbocycles. The smallest absolute Gasteiger partial charge is 0.329 e. The highest BCUT2D eigenvalue weighted by atomic mass is 16.6. The van der Waals surface area contributed by atoms with Crippen LogP contribution < -0.4 is 0 Å². The van der Waals surface area contributed by atoms with E-state index < -0.39 is 52.8 Å². The summed E-state index contributed by atoms with van der Waals surface area (Å²) >= 11 is 0. The maximum absolute atomic E-state index is 13.6. The van der Waals surface area contributed by atoms with Gasteiger partial charge in [0.1, 0.15) is 12.1 Å². The van der Waals surface area contributed by atoms with E-state index in [1.165, 1.54) is 26.0 Å². The third-order valence-corrected chi connectivity index (χ3v) is 6.24. The van der Waals surface area contributed by atoms with E-state index in [9.17, 15) is 19.2 Å². The average molecular weight is 482 g/mol. The first kappa shape index (κ1) is 25.9. The maximum Gasteiger partial charge on any atom is 0.329 e. The van der Waals surface area contributed by atoms with E-state index in [1.807, 2.05) is 0 Å². The summed E-state index contributed by atoms with van der Waals surface area (Å²) in [7, 11) is 2.43. The van der Waals surface area contributed by atoms with Crippen molar-refractivity contribution in [3.05, 3.63) is 71.8 Å². The first-order valence-electron chi connectivity index (χ1n) is 11.3. The Balaban J connectivity index is 2.40. The SMILES string of the molecule is COC(=O)C(N1C(=O)[C@@H](C(=O)OC)[C@@H]1C(OC(C)=O)(c1ccccc1)c1ccccc1)C(C)(C)C. The van der Waals surface area contributed by atoms with Crippen molar-refractivity contribution in [3.63, 3.8) is 0 Å². The van der Waals surface area contributed by atoms with Gasteiger partial charge in [-0.1, -0.05) is 81.4 Å². The molecule has 1 unspecified atom stereocenters. The van der Waals surface area contributed by atoms with E-state index in [0.29, 0.717) is 11.1 Å². The minimum atomic E-state index is -1.61. The second kappa shape index (κ2) is 9.90. The summed E-state index contributed by atoms with van der Waals surface area (Å²) in [6, 6.07) is 15.6. The average Bonchev–Trinajstić information content (AvgIpc) is 2.83. The van der Waals surface area contributed by atoms with Gasteiger partial charge < -0.3 is 19.1 Å². The van der Waals surface area contributed by atoms with Gasteiger partial charge in [-0.05, 0) is 5.41 Å². The Hall–Kier alpha value is -3.68. The molecule has 1 amide bonds. The summed E-state index contributed by atoms with van der Waals surface area (Å²) < 4.78 is 16.1. The number of carbonyl (C=O) groups is 4. The first-order valence-corrected chi connectivity index (χ1v) is 11.3. The molecule has 8 heteroatoms. The molecule has 0 bridgehead atoms. The van der Waals surface area contributed by atoms with Gasteiger partial charge in [0, 0.05) is 18.1 Å². The normalized spacial score (nSPS) is 18.8. The predicted octanol–water partition coefficient (Wildman–Crippen LogP) is 3.08. The fourth-order valence-electron chi connectivity index (χ4n) is 4.87. The molecular formula is C27H31NO7. The van der Waals surface area contributed by atoms with Crippen LogP contribution in [0.15, 0.2) is 60.7 Å². The lowest BCUT2D eigenvalue weighted by Gasteiger charge is -2.58. The van der Waals surface area contributed by atoms with Gasteiger partial charge in [0.05, 0.1) is 14.2 Å². The number of hydrogen-bond donors (Lipinski definition) is 0. The Morgan fingerprint density at radius 2 is 1.34 bits per heavy atom. The Morgan fingerprint density at radius 3 is 1.71 bits per heavy atom. The number of hydrogen-bond acceptors (Lipinski definition) is 7. The molecule has 0 N–H and O–H groups in total. The van der Waals surface area contributed by atoms with E-state index in [4.69, 9.17) is 14.2 Å². The van der Waals surface area contributed by atoms with Crippen LogP contribution >= 0.6 is 0 Å². The summed E-state index contributed by atoms with van der Waals surface area (Å²) in [4.78, 5) is 53.4. The van der Waals surface area contributed by atoms with Gasteiger partial charge in [-0.25, -0.2) is 4.79 Å². The van der Waals surface area contributed by atoms with E-state index >= 15 is 0 Å². The van der Waals surface area contributed by atoms with E-state index in [1.54, 1.807) is 81.4 Å². The monoisotopic (exact) mass is 481 g/mol. The second-order valence-electron chi connectivity index (χ2n) is 9.54. The lowest BCUT2D eigenvalue weighted by atomic mass is 9.66. The molecule has 35 heavy (non-hydrogen) atoms. The van der Waals surface area contributed by atoms with Gasteiger partial charge in [-0.3, -0.25) is 14.4 Å². The number of esters is 3. The molecule has 1 heterocycles. The first-order chi connectivity index (χ1) is 16.5. The van der Waals surface area contributed by atoms with Crippen molar-refractivity contribution >= 4 is 23.8 Å². The molecule has 2 aromatic rings. The zero-order valence-electron chi connectivity index (χ0n) is 20.8. The van der Waals surface area contributed by atoms with Crippen LogP contribution in [0.2, 0.25) is 0 Å². The zero-order chi connectivity index (χ0) is 26.0. The Kier molecular flexibility index (Phi) is 7.33. The fourth-order valence-corrected chi connectivity index (χ4v) is 4.87. The molecule has 0 aliphatic carbocycles. The molecule has 1 fully saturated rings. The van der Waals surface area contributed by atoms with Gasteiger partial charge in [0.2, 0.25) is 5.91 Å². The molecule has 8 nitrogen and oxygen atoms in total. The Bertz CT molecular complexity index is 1050. The summed E-state index contributed by atoms with van der Waals surface area (Å²) in [5, 5.41) is 0. The molecular weight excluding hydrogens is 450 g/mol. The topological polar surface area (TPSA) is 99.2 Å². The lowest BCUT2D eigenvalue weighted by molar-refractivity contribution is -0.208. The number of likely N-dealkylation sites (tertiary alicyclic amines) is 1. The highest BCUT2D eigenvalue weighted by Gasteiger charge is 2.68. The molecule has 1 aliphatic heterocycles. The van der Waals surface area contributed by atoms with Crippen molar-refractivity contribution in [2.24, 2.45) is 11.3 Å². The molecule has 1 aliphatic rings. The number of carbonyl (C=O) groups excluding carboxylic acids is 4. The van der Waals surface area contributed by atoms with Crippen LogP contribution in [-0.4, -0.2) is 55.0 Å². The summed E-state index contributed by atoms with van der Waals surface area (Å²) in [5.74, 6) is -3.95. The minimum Gasteiger partial charge on any atom is -0.468 e. The predicted molar refractivity (Wildman–Crippen MR) is 127 cm³/mol. The maximum atomic E-state index is 13.6. The van der Waals surface area contributed by atoms with Gasteiger partial charge in [-0.15, -0.1) is 0 Å².